The Balaban J connectivity index is 1.03. The highest BCUT2D eigenvalue weighted by atomic mass is 32.1. The molecule has 0 aliphatic carbocycles. The van der Waals surface area contributed by atoms with Gasteiger partial charge in [-0.3, -0.25) is 14.4 Å². The number of hydrogen-bond acceptors (Lipinski definition) is 7. The van der Waals surface area contributed by atoms with Crippen LogP contribution in [0.15, 0.2) is 59.7 Å². The van der Waals surface area contributed by atoms with Crippen molar-refractivity contribution in [3.05, 3.63) is 80.7 Å². The van der Waals surface area contributed by atoms with Gasteiger partial charge in [-0.05, 0) is 42.6 Å². The second-order valence-corrected chi connectivity index (χ2v) is 11.5. The standard InChI is InChI=1S/C26H26N6O3S2/c33-23-9-11-29-32(23)13-16-3-5-17(6-4-16)21-12-28-25(37-21)18-14-31(15-18)26(35)20-7-8-22(36-20)30-24(34)19-2-1-10-27-19/h3-9,11-12,18-19,27,29H,1-2,10,13-15H2,(H,30,34)/t19-/m0/s1. The van der Waals surface area contributed by atoms with E-state index in [1.807, 2.05) is 35.4 Å². The Labute approximate surface area is 221 Å². The summed E-state index contributed by atoms with van der Waals surface area (Å²) in [4.78, 5) is 45.1. The van der Waals surface area contributed by atoms with Gasteiger partial charge < -0.3 is 20.6 Å². The molecular formula is C26H26N6O3S2. The Hall–Kier alpha value is -3.54. The first kappa shape index (κ1) is 23.8. The van der Waals surface area contributed by atoms with Crippen molar-refractivity contribution < 1.29 is 9.59 Å². The molecule has 6 rings (SSSR count). The average molecular weight is 535 g/mol. The van der Waals surface area contributed by atoms with Crippen molar-refractivity contribution in [1.29, 1.82) is 0 Å². The van der Waals surface area contributed by atoms with E-state index in [0.29, 0.717) is 29.5 Å². The van der Waals surface area contributed by atoms with Crippen LogP contribution in [0.5, 0.6) is 0 Å². The maximum Gasteiger partial charge on any atom is 0.266 e. The molecule has 3 N–H and O–H groups in total. The van der Waals surface area contributed by atoms with Gasteiger partial charge in [0.05, 0.1) is 32.3 Å². The van der Waals surface area contributed by atoms with E-state index in [-0.39, 0.29) is 29.3 Å². The first-order chi connectivity index (χ1) is 18.0. The van der Waals surface area contributed by atoms with Gasteiger partial charge in [0.1, 0.15) is 0 Å². The molecule has 0 bridgehead atoms. The van der Waals surface area contributed by atoms with Crippen LogP contribution >= 0.6 is 22.7 Å². The normalized spacial score (nSPS) is 17.6. The predicted octanol–water partition coefficient (Wildman–Crippen LogP) is 3.34. The first-order valence-electron chi connectivity index (χ1n) is 12.3. The summed E-state index contributed by atoms with van der Waals surface area (Å²) in [6.45, 7) is 2.65. The second kappa shape index (κ2) is 10.1. The fourth-order valence-electron chi connectivity index (χ4n) is 4.64. The van der Waals surface area contributed by atoms with Crippen molar-refractivity contribution in [2.24, 2.45) is 0 Å². The number of thiophene rings is 1. The van der Waals surface area contributed by atoms with Crippen LogP contribution in [0.1, 0.15) is 39.0 Å². The monoisotopic (exact) mass is 534 g/mol. The van der Waals surface area contributed by atoms with Gasteiger partial charge in [0.2, 0.25) is 5.91 Å². The Bertz CT molecular complexity index is 1470. The summed E-state index contributed by atoms with van der Waals surface area (Å²) in [6.07, 6.45) is 5.38. The van der Waals surface area contributed by atoms with Crippen LogP contribution in [-0.2, 0) is 11.3 Å². The molecule has 4 aromatic rings. The molecule has 0 unspecified atom stereocenters. The number of carbonyl (C=O) groups is 2. The maximum absolute atomic E-state index is 12.9. The van der Waals surface area contributed by atoms with Crippen molar-refractivity contribution in [3.63, 3.8) is 0 Å². The fourth-order valence-corrected chi connectivity index (χ4v) is 6.52. The first-order valence-corrected chi connectivity index (χ1v) is 13.9. The van der Waals surface area contributed by atoms with E-state index >= 15 is 0 Å². The van der Waals surface area contributed by atoms with Crippen molar-refractivity contribution in [3.8, 4) is 10.4 Å². The zero-order valence-corrected chi connectivity index (χ0v) is 21.6. The predicted molar refractivity (Wildman–Crippen MR) is 144 cm³/mol. The summed E-state index contributed by atoms with van der Waals surface area (Å²) < 4.78 is 1.56. The van der Waals surface area contributed by atoms with E-state index in [9.17, 15) is 14.4 Å². The summed E-state index contributed by atoms with van der Waals surface area (Å²) >= 11 is 2.98. The third-order valence-corrected chi connectivity index (χ3v) is 8.98. The number of anilines is 1. The molecule has 1 aromatic carbocycles. The molecule has 2 aliphatic heterocycles. The van der Waals surface area contributed by atoms with Crippen LogP contribution in [-0.4, -0.2) is 57.2 Å². The van der Waals surface area contributed by atoms with Crippen molar-refractivity contribution in [2.75, 3.05) is 25.0 Å². The van der Waals surface area contributed by atoms with Gasteiger partial charge in [0.15, 0.2) is 0 Å². The molecule has 3 aromatic heterocycles. The molecule has 11 heteroatoms. The van der Waals surface area contributed by atoms with Crippen molar-refractivity contribution >= 4 is 39.5 Å². The van der Waals surface area contributed by atoms with Gasteiger partial charge in [0, 0.05) is 37.5 Å². The summed E-state index contributed by atoms with van der Waals surface area (Å²) in [5.74, 6) is 0.191. The number of nitrogens with zero attached hydrogens (tertiary/aromatic N) is 3. The number of thiazole rings is 1. The van der Waals surface area contributed by atoms with Gasteiger partial charge in [-0.25, -0.2) is 9.67 Å². The lowest BCUT2D eigenvalue weighted by molar-refractivity contribution is -0.117. The number of benzene rings is 1. The van der Waals surface area contributed by atoms with Gasteiger partial charge in [-0.1, -0.05) is 24.3 Å². The largest absolute Gasteiger partial charge is 0.336 e. The van der Waals surface area contributed by atoms with E-state index in [0.717, 1.165) is 40.4 Å². The molecule has 0 saturated carbocycles. The molecule has 1 atom stereocenters. The van der Waals surface area contributed by atoms with E-state index < -0.39 is 0 Å². The fraction of sp³-hybridized carbons (Fsp3) is 0.308. The summed E-state index contributed by atoms with van der Waals surface area (Å²) in [5, 5.41) is 10.8. The third-order valence-electron chi connectivity index (χ3n) is 6.78. The SMILES string of the molecule is O=C(Nc1ccc(C(=O)N2CC(c3ncc(-c4ccc(Cn5[nH]ccc5=O)cc4)s3)C2)s1)[C@@H]1CCCN1. The number of carbonyl (C=O) groups excluding carboxylic acids is 2. The topological polar surface area (TPSA) is 112 Å². The molecule has 2 saturated heterocycles. The van der Waals surface area contributed by atoms with E-state index in [1.54, 1.807) is 34.3 Å². The summed E-state index contributed by atoms with van der Waals surface area (Å²) in [5.41, 5.74) is 2.07. The van der Waals surface area contributed by atoms with E-state index in [4.69, 9.17) is 0 Å². The van der Waals surface area contributed by atoms with Crippen LogP contribution in [0.2, 0.25) is 0 Å². The molecule has 5 heterocycles. The number of H-pyrrole nitrogens is 1. The number of hydrogen-bond donors (Lipinski definition) is 3. The molecular weight excluding hydrogens is 508 g/mol. The Morgan fingerprint density at radius 1 is 1.08 bits per heavy atom. The minimum atomic E-state index is -0.144. The number of likely N-dealkylation sites (tertiary alicyclic amines) is 1. The van der Waals surface area contributed by atoms with Gasteiger partial charge in [0.25, 0.3) is 11.5 Å². The minimum absolute atomic E-state index is 0.00529. The highest BCUT2D eigenvalue weighted by Crippen LogP contribution is 2.36. The Morgan fingerprint density at radius 2 is 1.92 bits per heavy atom. The number of nitrogens with one attached hydrogen (secondary N) is 3. The summed E-state index contributed by atoms with van der Waals surface area (Å²) in [7, 11) is 0. The zero-order chi connectivity index (χ0) is 25.4. The minimum Gasteiger partial charge on any atom is -0.336 e. The van der Waals surface area contributed by atoms with Crippen LogP contribution in [0, 0.1) is 0 Å². The number of amides is 2. The molecule has 2 fully saturated rings. The molecule has 9 nitrogen and oxygen atoms in total. The van der Waals surface area contributed by atoms with Crippen LogP contribution in [0.3, 0.4) is 0 Å². The lowest BCUT2D eigenvalue weighted by Crippen LogP contribution is -2.48. The smallest absolute Gasteiger partial charge is 0.266 e. The Morgan fingerprint density at radius 3 is 2.65 bits per heavy atom. The van der Waals surface area contributed by atoms with Crippen molar-refractivity contribution in [2.45, 2.75) is 31.3 Å². The number of aromatic amines is 1. The lowest BCUT2D eigenvalue weighted by atomic mass is 10.0. The maximum atomic E-state index is 12.9. The second-order valence-electron chi connectivity index (χ2n) is 9.36. The zero-order valence-electron chi connectivity index (χ0n) is 20.0. The average Bonchev–Trinajstić information content (AvgIpc) is 3.68. The van der Waals surface area contributed by atoms with Crippen LogP contribution < -0.4 is 16.2 Å². The van der Waals surface area contributed by atoms with Gasteiger partial charge >= 0.3 is 0 Å². The highest BCUT2D eigenvalue weighted by Gasteiger charge is 2.35. The van der Waals surface area contributed by atoms with E-state index in [2.05, 4.69) is 20.7 Å². The molecule has 2 amide bonds. The lowest BCUT2D eigenvalue weighted by Gasteiger charge is -2.37. The highest BCUT2D eigenvalue weighted by molar-refractivity contribution is 7.18. The van der Waals surface area contributed by atoms with E-state index in [1.165, 1.54) is 17.4 Å². The number of rotatable bonds is 7. The van der Waals surface area contributed by atoms with Crippen molar-refractivity contribution in [1.82, 2.24) is 25.0 Å². The van der Waals surface area contributed by atoms with Gasteiger partial charge in [-0.15, -0.1) is 22.7 Å². The van der Waals surface area contributed by atoms with Crippen LogP contribution in [0.4, 0.5) is 5.00 Å². The summed E-state index contributed by atoms with van der Waals surface area (Å²) in [6, 6.07) is 13.1. The molecule has 0 radical (unpaired) electrons. The molecule has 37 heavy (non-hydrogen) atoms. The number of aromatic nitrogens is 3. The Kier molecular flexibility index (Phi) is 6.49. The quantitative estimate of drug-likeness (QED) is 0.337. The molecule has 2 aliphatic rings. The molecule has 190 valence electrons. The van der Waals surface area contributed by atoms with Gasteiger partial charge in [-0.2, -0.15) is 0 Å². The third kappa shape index (κ3) is 5.02. The van der Waals surface area contributed by atoms with Crippen LogP contribution in [0.25, 0.3) is 10.4 Å². The molecule has 0 spiro atoms.